The molecule has 2 rings (SSSR count). The summed E-state index contributed by atoms with van der Waals surface area (Å²) in [4.78, 5) is 23.0. The summed E-state index contributed by atoms with van der Waals surface area (Å²) in [6.07, 6.45) is -0.712. The molecular formula is C23H30O6. The first-order chi connectivity index (χ1) is 13.7. The maximum atomic E-state index is 12.3. The number of ether oxygens (including phenoxy) is 1. The van der Waals surface area contributed by atoms with E-state index in [0.29, 0.717) is 25.0 Å². The monoisotopic (exact) mass is 402 g/mol. The number of fused-ring (bicyclic) bond motifs is 1. The summed E-state index contributed by atoms with van der Waals surface area (Å²) >= 11 is 0. The van der Waals surface area contributed by atoms with Crippen LogP contribution < -0.4 is 4.74 Å². The number of carboxylic acid groups (broad SMARTS) is 1. The first-order valence-electron chi connectivity index (χ1n) is 10.0. The smallest absolute Gasteiger partial charge is 0.314 e. The van der Waals surface area contributed by atoms with Gasteiger partial charge < -0.3 is 20.1 Å². The number of rotatable bonds is 10. The molecule has 0 aromatic heterocycles. The van der Waals surface area contributed by atoms with E-state index in [4.69, 9.17) is 9.84 Å². The van der Waals surface area contributed by atoms with Gasteiger partial charge in [-0.1, -0.05) is 38.1 Å². The van der Waals surface area contributed by atoms with Gasteiger partial charge in [0.05, 0.1) is 24.5 Å². The van der Waals surface area contributed by atoms with Crippen molar-refractivity contribution in [2.75, 3.05) is 0 Å². The summed E-state index contributed by atoms with van der Waals surface area (Å²) in [6.45, 7) is 5.73. The van der Waals surface area contributed by atoms with E-state index in [1.165, 1.54) is 0 Å². The van der Waals surface area contributed by atoms with Crippen LogP contribution in [0, 0.1) is 12.8 Å². The largest absolute Gasteiger partial charge is 0.481 e. The van der Waals surface area contributed by atoms with Crippen molar-refractivity contribution in [1.82, 2.24) is 0 Å². The SMILES string of the molecule is CCC(C)C(=O)Oc1cccc2ccc(C)c(CCC(O)CC(O)CC(=O)O)c12. The molecule has 2 aromatic carbocycles. The molecule has 3 atom stereocenters. The van der Waals surface area contributed by atoms with Gasteiger partial charge in [-0.25, -0.2) is 0 Å². The number of aliphatic hydroxyl groups excluding tert-OH is 2. The minimum absolute atomic E-state index is 0.00592. The normalized spacial score (nSPS) is 14.4. The van der Waals surface area contributed by atoms with Gasteiger partial charge in [-0.15, -0.1) is 0 Å². The Kier molecular flexibility index (Phi) is 8.17. The Morgan fingerprint density at radius 1 is 1.10 bits per heavy atom. The number of carbonyl (C=O) groups is 2. The summed E-state index contributed by atoms with van der Waals surface area (Å²) in [5.74, 6) is -1.06. The number of benzene rings is 2. The first-order valence-corrected chi connectivity index (χ1v) is 10.0. The number of hydrogen-bond donors (Lipinski definition) is 3. The summed E-state index contributed by atoms with van der Waals surface area (Å²) in [5, 5.41) is 30.5. The first kappa shape index (κ1) is 22.8. The van der Waals surface area contributed by atoms with Crippen LogP contribution in [0.25, 0.3) is 10.8 Å². The van der Waals surface area contributed by atoms with E-state index in [9.17, 15) is 19.8 Å². The van der Waals surface area contributed by atoms with E-state index in [-0.39, 0.29) is 24.7 Å². The zero-order valence-corrected chi connectivity index (χ0v) is 17.2. The molecule has 0 spiro atoms. The number of esters is 1. The van der Waals surface area contributed by atoms with Gasteiger partial charge in [0.15, 0.2) is 0 Å². The van der Waals surface area contributed by atoms with E-state index >= 15 is 0 Å². The second kappa shape index (κ2) is 10.4. The lowest BCUT2D eigenvalue weighted by Gasteiger charge is -2.18. The number of hydrogen-bond acceptors (Lipinski definition) is 5. The number of aryl methyl sites for hydroxylation is 2. The van der Waals surface area contributed by atoms with Crippen molar-refractivity contribution >= 4 is 22.7 Å². The molecule has 0 aliphatic rings. The molecule has 0 bridgehead atoms. The summed E-state index contributed by atoms with van der Waals surface area (Å²) in [6, 6.07) is 9.54. The van der Waals surface area contributed by atoms with Crippen LogP contribution in [0.15, 0.2) is 30.3 Å². The summed E-state index contributed by atoms with van der Waals surface area (Å²) < 4.78 is 5.68. The Hall–Kier alpha value is -2.44. The number of aliphatic hydroxyl groups is 2. The van der Waals surface area contributed by atoms with Crippen LogP contribution in [0.5, 0.6) is 5.75 Å². The molecular weight excluding hydrogens is 372 g/mol. The fraction of sp³-hybridized carbons (Fsp3) is 0.478. The lowest BCUT2D eigenvalue weighted by Crippen LogP contribution is -2.21. The van der Waals surface area contributed by atoms with Crippen molar-refractivity contribution in [3.63, 3.8) is 0 Å². The minimum atomic E-state index is -1.10. The molecule has 0 saturated carbocycles. The predicted molar refractivity (Wildman–Crippen MR) is 111 cm³/mol. The second-order valence-electron chi connectivity index (χ2n) is 7.63. The maximum Gasteiger partial charge on any atom is 0.314 e. The number of carbonyl (C=O) groups excluding carboxylic acids is 1. The molecule has 6 heteroatoms. The van der Waals surface area contributed by atoms with Gasteiger partial charge in [0.2, 0.25) is 0 Å². The molecule has 6 nitrogen and oxygen atoms in total. The summed E-state index contributed by atoms with van der Waals surface area (Å²) in [7, 11) is 0. The lowest BCUT2D eigenvalue weighted by molar-refractivity contribution is -0.140. The Balaban J connectivity index is 2.24. The van der Waals surface area contributed by atoms with Crippen LogP contribution in [0.3, 0.4) is 0 Å². The average molecular weight is 402 g/mol. The van der Waals surface area contributed by atoms with Gasteiger partial charge in [-0.3, -0.25) is 9.59 Å². The average Bonchev–Trinajstić information content (AvgIpc) is 2.66. The fourth-order valence-corrected chi connectivity index (χ4v) is 3.33. The Labute approximate surface area is 171 Å². The van der Waals surface area contributed by atoms with Crippen molar-refractivity contribution in [3.05, 3.63) is 41.5 Å². The molecule has 3 unspecified atom stereocenters. The van der Waals surface area contributed by atoms with E-state index in [1.54, 1.807) is 6.07 Å². The molecule has 158 valence electrons. The highest BCUT2D eigenvalue weighted by Gasteiger charge is 2.19. The van der Waals surface area contributed by atoms with Crippen LogP contribution >= 0.6 is 0 Å². The third kappa shape index (κ3) is 6.27. The molecule has 0 aliphatic heterocycles. The topological polar surface area (TPSA) is 104 Å². The van der Waals surface area contributed by atoms with E-state index in [2.05, 4.69) is 0 Å². The van der Waals surface area contributed by atoms with Crippen LogP contribution in [-0.4, -0.2) is 39.5 Å². The highest BCUT2D eigenvalue weighted by atomic mass is 16.5. The Morgan fingerprint density at radius 2 is 1.83 bits per heavy atom. The van der Waals surface area contributed by atoms with Crippen LogP contribution in [0.4, 0.5) is 0 Å². The van der Waals surface area contributed by atoms with Gasteiger partial charge in [0.25, 0.3) is 0 Å². The van der Waals surface area contributed by atoms with Gasteiger partial charge in [-0.2, -0.15) is 0 Å². The second-order valence-corrected chi connectivity index (χ2v) is 7.63. The zero-order valence-electron chi connectivity index (χ0n) is 17.2. The Morgan fingerprint density at radius 3 is 2.48 bits per heavy atom. The standard InChI is InChI=1S/C23H30O6/c1-4-14(2)23(28)29-20-7-5-6-16-9-8-15(3)19(22(16)20)11-10-17(24)12-18(25)13-21(26)27/h5-9,14,17-18,24-25H,4,10-13H2,1-3H3,(H,26,27). The molecule has 29 heavy (non-hydrogen) atoms. The van der Waals surface area contributed by atoms with Gasteiger partial charge in [0.1, 0.15) is 5.75 Å². The highest BCUT2D eigenvalue weighted by molar-refractivity contribution is 5.94. The lowest BCUT2D eigenvalue weighted by atomic mass is 9.93. The van der Waals surface area contributed by atoms with Crippen LogP contribution in [0.2, 0.25) is 0 Å². The molecule has 0 amide bonds. The van der Waals surface area contributed by atoms with E-state index < -0.39 is 18.2 Å². The zero-order chi connectivity index (χ0) is 21.6. The number of carboxylic acids is 1. The fourth-order valence-electron chi connectivity index (χ4n) is 3.33. The quantitative estimate of drug-likeness (QED) is 0.414. The molecule has 0 radical (unpaired) electrons. The third-order valence-electron chi connectivity index (χ3n) is 5.26. The minimum Gasteiger partial charge on any atom is -0.481 e. The van der Waals surface area contributed by atoms with Gasteiger partial charge >= 0.3 is 11.9 Å². The van der Waals surface area contributed by atoms with E-state index in [0.717, 1.165) is 21.9 Å². The van der Waals surface area contributed by atoms with Crippen LogP contribution in [0.1, 0.15) is 50.7 Å². The molecule has 2 aromatic rings. The molecule has 0 fully saturated rings. The van der Waals surface area contributed by atoms with Crippen molar-refractivity contribution < 1.29 is 29.6 Å². The van der Waals surface area contributed by atoms with Crippen molar-refractivity contribution in [1.29, 1.82) is 0 Å². The highest BCUT2D eigenvalue weighted by Crippen LogP contribution is 2.33. The predicted octanol–water partition coefficient (Wildman–Crippen LogP) is 3.62. The Bertz CT molecular complexity index is 860. The van der Waals surface area contributed by atoms with Crippen molar-refractivity contribution in [3.8, 4) is 5.75 Å². The molecule has 0 saturated heterocycles. The number of aliphatic carboxylic acids is 1. The van der Waals surface area contributed by atoms with E-state index in [1.807, 2.05) is 45.0 Å². The van der Waals surface area contributed by atoms with Gasteiger partial charge in [-0.05, 0) is 55.2 Å². The summed E-state index contributed by atoms with van der Waals surface area (Å²) in [5.41, 5.74) is 1.99. The molecule has 0 aliphatic carbocycles. The maximum absolute atomic E-state index is 12.3. The van der Waals surface area contributed by atoms with Crippen molar-refractivity contribution in [2.45, 2.75) is 65.1 Å². The van der Waals surface area contributed by atoms with Crippen LogP contribution in [-0.2, 0) is 16.0 Å². The molecule has 3 N–H and O–H groups in total. The third-order valence-corrected chi connectivity index (χ3v) is 5.26. The molecule has 0 heterocycles. The van der Waals surface area contributed by atoms with Crippen molar-refractivity contribution in [2.24, 2.45) is 5.92 Å². The van der Waals surface area contributed by atoms with Gasteiger partial charge in [0, 0.05) is 5.39 Å².